The lowest BCUT2D eigenvalue weighted by Gasteiger charge is -2.37. The topological polar surface area (TPSA) is 74.7 Å². The van der Waals surface area contributed by atoms with Gasteiger partial charge in [0.1, 0.15) is 5.82 Å². The molecule has 18 heavy (non-hydrogen) atoms. The molecule has 98 valence electrons. The summed E-state index contributed by atoms with van der Waals surface area (Å²) in [4.78, 5) is 6.72. The lowest BCUT2D eigenvalue weighted by atomic mass is 9.93. The third-order valence-corrected chi connectivity index (χ3v) is 3.58. The summed E-state index contributed by atoms with van der Waals surface area (Å²) in [5, 5.41) is 11.6. The Hall–Kier alpha value is -1.78. The molecule has 1 aliphatic rings. The van der Waals surface area contributed by atoms with Crippen molar-refractivity contribution in [3.63, 3.8) is 0 Å². The van der Waals surface area contributed by atoms with Crippen LogP contribution in [0.5, 0.6) is 0 Å². The summed E-state index contributed by atoms with van der Waals surface area (Å²) in [6, 6.07) is 4.28. The number of rotatable bonds is 2. The zero-order valence-corrected chi connectivity index (χ0v) is 10.9. The van der Waals surface area contributed by atoms with Gasteiger partial charge in [-0.05, 0) is 37.8 Å². The second-order valence-electron chi connectivity index (χ2n) is 5.06. The van der Waals surface area contributed by atoms with E-state index in [1.165, 1.54) is 12.8 Å². The predicted molar refractivity (Wildman–Crippen MR) is 72.0 cm³/mol. The molecule has 0 aliphatic carbocycles. The van der Waals surface area contributed by atoms with E-state index < -0.39 is 0 Å². The first-order chi connectivity index (χ1) is 8.61. The molecule has 2 unspecified atom stereocenters. The minimum atomic E-state index is 0.0920. The molecular formula is C13H20N4O. The van der Waals surface area contributed by atoms with Crippen LogP contribution in [0.4, 0.5) is 5.82 Å². The molecule has 1 aliphatic heterocycles. The Morgan fingerprint density at radius 3 is 2.83 bits per heavy atom. The van der Waals surface area contributed by atoms with Gasteiger partial charge in [0.15, 0.2) is 5.84 Å². The van der Waals surface area contributed by atoms with Crippen LogP contribution < -0.4 is 10.6 Å². The van der Waals surface area contributed by atoms with Gasteiger partial charge >= 0.3 is 0 Å². The Morgan fingerprint density at radius 1 is 1.50 bits per heavy atom. The molecule has 0 amide bonds. The average molecular weight is 248 g/mol. The molecule has 1 fully saturated rings. The first-order valence-electron chi connectivity index (χ1n) is 6.32. The maximum atomic E-state index is 8.60. The molecule has 0 bridgehead atoms. The summed E-state index contributed by atoms with van der Waals surface area (Å²) < 4.78 is 0. The SMILES string of the molecule is CC1CCN(c2ccc(C(N)=NO)cn2)C(C)C1. The van der Waals surface area contributed by atoms with E-state index in [2.05, 4.69) is 28.9 Å². The Balaban J connectivity index is 2.14. The lowest BCUT2D eigenvalue weighted by Crippen LogP contribution is -2.40. The molecule has 1 aromatic heterocycles. The molecule has 2 atom stereocenters. The van der Waals surface area contributed by atoms with Crippen LogP contribution in [-0.2, 0) is 0 Å². The summed E-state index contributed by atoms with van der Waals surface area (Å²) in [7, 11) is 0. The van der Waals surface area contributed by atoms with Crippen LogP contribution >= 0.6 is 0 Å². The number of nitrogens with zero attached hydrogens (tertiary/aromatic N) is 3. The Labute approximate surface area is 107 Å². The molecule has 1 saturated heterocycles. The molecule has 2 rings (SSSR count). The third kappa shape index (κ3) is 2.55. The summed E-state index contributed by atoms with van der Waals surface area (Å²) in [5.41, 5.74) is 6.15. The highest BCUT2D eigenvalue weighted by Gasteiger charge is 2.23. The van der Waals surface area contributed by atoms with Crippen molar-refractivity contribution in [2.45, 2.75) is 32.7 Å². The molecule has 0 aromatic carbocycles. The highest BCUT2D eigenvalue weighted by molar-refractivity contribution is 5.96. The third-order valence-electron chi connectivity index (χ3n) is 3.58. The fourth-order valence-corrected chi connectivity index (χ4v) is 2.51. The van der Waals surface area contributed by atoms with Crippen molar-refractivity contribution in [2.24, 2.45) is 16.8 Å². The average Bonchev–Trinajstić information content (AvgIpc) is 2.38. The van der Waals surface area contributed by atoms with Crippen molar-refractivity contribution in [1.29, 1.82) is 0 Å². The highest BCUT2D eigenvalue weighted by atomic mass is 16.4. The normalized spacial score (nSPS) is 25.2. The van der Waals surface area contributed by atoms with Crippen LogP contribution in [0.3, 0.4) is 0 Å². The van der Waals surface area contributed by atoms with Gasteiger partial charge in [-0.3, -0.25) is 0 Å². The Kier molecular flexibility index (Phi) is 3.69. The lowest BCUT2D eigenvalue weighted by molar-refractivity contribution is 0.318. The van der Waals surface area contributed by atoms with E-state index >= 15 is 0 Å². The number of hydrogen-bond acceptors (Lipinski definition) is 4. The smallest absolute Gasteiger partial charge is 0.171 e. The fraction of sp³-hybridized carbons (Fsp3) is 0.538. The fourth-order valence-electron chi connectivity index (χ4n) is 2.51. The second kappa shape index (κ2) is 5.25. The van der Waals surface area contributed by atoms with Crippen LogP contribution in [0.1, 0.15) is 32.3 Å². The van der Waals surface area contributed by atoms with Crippen molar-refractivity contribution in [2.75, 3.05) is 11.4 Å². The minimum absolute atomic E-state index is 0.0920. The van der Waals surface area contributed by atoms with Gasteiger partial charge in [0.25, 0.3) is 0 Å². The first kappa shape index (κ1) is 12.7. The quantitative estimate of drug-likeness (QED) is 0.362. The molecule has 3 N–H and O–H groups in total. The van der Waals surface area contributed by atoms with E-state index in [0.717, 1.165) is 18.3 Å². The summed E-state index contributed by atoms with van der Waals surface area (Å²) in [5.74, 6) is 1.84. The maximum Gasteiger partial charge on any atom is 0.171 e. The number of hydrogen-bond donors (Lipinski definition) is 2. The van der Waals surface area contributed by atoms with Gasteiger partial charge in [0.2, 0.25) is 0 Å². The van der Waals surface area contributed by atoms with Gasteiger partial charge in [-0.15, -0.1) is 0 Å². The number of pyridine rings is 1. The second-order valence-corrected chi connectivity index (χ2v) is 5.06. The summed E-state index contributed by atoms with van der Waals surface area (Å²) in [6.07, 6.45) is 4.05. The van der Waals surface area contributed by atoms with Gasteiger partial charge in [-0.1, -0.05) is 12.1 Å². The van der Waals surface area contributed by atoms with Crippen molar-refractivity contribution >= 4 is 11.7 Å². The van der Waals surface area contributed by atoms with E-state index in [1.54, 1.807) is 6.20 Å². The molecule has 0 saturated carbocycles. The standard InChI is InChI=1S/C13H20N4O/c1-9-5-6-17(10(2)7-9)12-4-3-11(8-15-12)13(14)16-18/h3-4,8-10,18H,5-7H2,1-2H3,(H2,14,16). The van der Waals surface area contributed by atoms with E-state index in [0.29, 0.717) is 11.6 Å². The molecule has 0 radical (unpaired) electrons. The zero-order chi connectivity index (χ0) is 13.1. The minimum Gasteiger partial charge on any atom is -0.409 e. The number of aromatic nitrogens is 1. The number of oxime groups is 1. The van der Waals surface area contributed by atoms with Crippen molar-refractivity contribution in [3.05, 3.63) is 23.9 Å². The summed E-state index contributed by atoms with van der Waals surface area (Å²) >= 11 is 0. The monoisotopic (exact) mass is 248 g/mol. The molecule has 5 heteroatoms. The number of nitrogens with two attached hydrogens (primary N) is 1. The van der Waals surface area contributed by atoms with E-state index in [-0.39, 0.29) is 5.84 Å². The Morgan fingerprint density at radius 2 is 2.28 bits per heavy atom. The maximum absolute atomic E-state index is 8.60. The van der Waals surface area contributed by atoms with Crippen LogP contribution in [-0.4, -0.2) is 28.6 Å². The van der Waals surface area contributed by atoms with Gasteiger partial charge in [0.05, 0.1) is 0 Å². The molecule has 5 nitrogen and oxygen atoms in total. The van der Waals surface area contributed by atoms with Crippen molar-refractivity contribution in [1.82, 2.24) is 4.98 Å². The summed E-state index contributed by atoms with van der Waals surface area (Å²) in [6.45, 7) is 5.57. The highest BCUT2D eigenvalue weighted by Crippen LogP contribution is 2.26. The molecule has 0 spiro atoms. The van der Waals surface area contributed by atoms with E-state index in [9.17, 15) is 0 Å². The van der Waals surface area contributed by atoms with Gasteiger partial charge in [0, 0.05) is 24.3 Å². The van der Waals surface area contributed by atoms with Gasteiger partial charge in [-0.25, -0.2) is 4.98 Å². The van der Waals surface area contributed by atoms with Crippen molar-refractivity contribution < 1.29 is 5.21 Å². The van der Waals surface area contributed by atoms with Crippen molar-refractivity contribution in [3.8, 4) is 0 Å². The van der Waals surface area contributed by atoms with Crippen LogP contribution in [0, 0.1) is 5.92 Å². The number of amidine groups is 1. The van der Waals surface area contributed by atoms with E-state index in [4.69, 9.17) is 10.9 Å². The Bertz CT molecular complexity index is 429. The first-order valence-corrected chi connectivity index (χ1v) is 6.32. The van der Waals surface area contributed by atoms with Gasteiger partial charge in [-0.2, -0.15) is 0 Å². The van der Waals surface area contributed by atoms with E-state index in [1.807, 2.05) is 12.1 Å². The molecule has 1 aromatic rings. The van der Waals surface area contributed by atoms with Gasteiger partial charge < -0.3 is 15.8 Å². The number of anilines is 1. The predicted octanol–water partition coefficient (Wildman–Crippen LogP) is 1.80. The molecular weight excluding hydrogens is 228 g/mol. The molecule has 2 heterocycles. The van der Waals surface area contributed by atoms with Crippen LogP contribution in [0.15, 0.2) is 23.5 Å². The largest absolute Gasteiger partial charge is 0.409 e. The zero-order valence-electron chi connectivity index (χ0n) is 10.9. The number of piperidine rings is 1. The van der Waals surface area contributed by atoms with Crippen LogP contribution in [0.2, 0.25) is 0 Å². The van der Waals surface area contributed by atoms with Crippen LogP contribution in [0.25, 0.3) is 0 Å².